The van der Waals surface area contributed by atoms with Crippen molar-refractivity contribution in [2.24, 2.45) is 0 Å². The van der Waals surface area contributed by atoms with E-state index in [4.69, 9.17) is 9.31 Å². The van der Waals surface area contributed by atoms with Crippen molar-refractivity contribution < 1.29 is 14.1 Å². The standard InChI is InChI=1S/C21H27BN2O3/c1-14-7-10-18(13-15(14)2)24-19(25)23-17-11-8-16(9-12-17)22-26-20(3,4)21(5,6)27-22/h7-13H,1-6H3,(H2,23,24,25). The third kappa shape index (κ3) is 4.17. The largest absolute Gasteiger partial charge is 0.494 e. The zero-order valence-electron chi connectivity index (χ0n) is 16.8. The van der Waals surface area contributed by atoms with Crippen LogP contribution >= 0.6 is 0 Å². The number of rotatable bonds is 3. The molecule has 1 aliphatic rings. The van der Waals surface area contributed by atoms with E-state index in [1.807, 2.05) is 84.0 Å². The molecule has 27 heavy (non-hydrogen) atoms. The number of urea groups is 1. The van der Waals surface area contributed by atoms with Crippen molar-refractivity contribution in [2.75, 3.05) is 10.6 Å². The predicted molar refractivity (Wildman–Crippen MR) is 111 cm³/mol. The van der Waals surface area contributed by atoms with Gasteiger partial charge in [-0.1, -0.05) is 18.2 Å². The molecule has 0 atom stereocenters. The molecule has 0 saturated carbocycles. The van der Waals surface area contributed by atoms with E-state index in [0.29, 0.717) is 5.69 Å². The van der Waals surface area contributed by atoms with Crippen molar-refractivity contribution >= 4 is 30.0 Å². The van der Waals surface area contributed by atoms with Crippen molar-refractivity contribution in [3.63, 3.8) is 0 Å². The summed E-state index contributed by atoms with van der Waals surface area (Å²) >= 11 is 0. The zero-order chi connectivity index (χ0) is 19.8. The fraction of sp³-hybridized carbons (Fsp3) is 0.381. The molecule has 142 valence electrons. The highest BCUT2D eigenvalue weighted by Gasteiger charge is 2.51. The van der Waals surface area contributed by atoms with Crippen LogP contribution in [0.15, 0.2) is 42.5 Å². The second kappa shape index (κ2) is 7.02. The van der Waals surface area contributed by atoms with Crippen LogP contribution in [0.1, 0.15) is 38.8 Å². The highest BCUT2D eigenvalue weighted by atomic mass is 16.7. The Balaban J connectivity index is 1.62. The second-order valence-corrected chi connectivity index (χ2v) is 8.09. The Morgan fingerprint density at radius 3 is 1.89 bits per heavy atom. The number of hydrogen-bond donors (Lipinski definition) is 2. The quantitative estimate of drug-likeness (QED) is 0.799. The first-order chi connectivity index (χ1) is 12.6. The van der Waals surface area contributed by atoms with Crippen LogP contribution < -0.4 is 16.1 Å². The Morgan fingerprint density at radius 1 is 0.815 bits per heavy atom. The molecular formula is C21H27BN2O3. The monoisotopic (exact) mass is 366 g/mol. The van der Waals surface area contributed by atoms with Gasteiger partial charge in [-0.2, -0.15) is 0 Å². The van der Waals surface area contributed by atoms with Gasteiger partial charge in [0.15, 0.2) is 0 Å². The third-order valence-corrected chi connectivity index (χ3v) is 5.46. The van der Waals surface area contributed by atoms with Crippen molar-refractivity contribution in [3.8, 4) is 0 Å². The number of carbonyl (C=O) groups excluding carboxylic acids is 1. The third-order valence-electron chi connectivity index (χ3n) is 5.46. The number of anilines is 2. The molecule has 0 radical (unpaired) electrons. The fourth-order valence-electron chi connectivity index (χ4n) is 2.82. The molecule has 1 saturated heterocycles. The van der Waals surface area contributed by atoms with E-state index < -0.39 is 7.12 Å². The zero-order valence-corrected chi connectivity index (χ0v) is 16.8. The molecule has 5 nitrogen and oxygen atoms in total. The van der Waals surface area contributed by atoms with Crippen LogP contribution in [0.3, 0.4) is 0 Å². The summed E-state index contributed by atoms with van der Waals surface area (Å²) in [6, 6.07) is 13.1. The molecule has 2 N–H and O–H groups in total. The molecular weight excluding hydrogens is 339 g/mol. The number of hydrogen-bond acceptors (Lipinski definition) is 3. The van der Waals surface area contributed by atoms with E-state index in [1.54, 1.807) is 0 Å². The molecule has 0 bridgehead atoms. The molecule has 2 aromatic rings. The maximum absolute atomic E-state index is 12.2. The van der Waals surface area contributed by atoms with Gasteiger partial charge < -0.3 is 19.9 Å². The average molecular weight is 366 g/mol. The molecule has 6 heteroatoms. The first-order valence-corrected chi connectivity index (χ1v) is 9.18. The molecule has 0 unspecified atom stereocenters. The molecule has 0 spiro atoms. The smallest absolute Gasteiger partial charge is 0.399 e. The van der Waals surface area contributed by atoms with Crippen molar-refractivity contribution in [3.05, 3.63) is 53.6 Å². The Labute approximate surface area is 161 Å². The van der Waals surface area contributed by atoms with E-state index >= 15 is 0 Å². The molecule has 0 aromatic heterocycles. The van der Waals surface area contributed by atoms with E-state index in [-0.39, 0.29) is 17.2 Å². The van der Waals surface area contributed by atoms with Crippen LogP contribution in [0.2, 0.25) is 0 Å². The van der Waals surface area contributed by atoms with Crippen molar-refractivity contribution in [1.29, 1.82) is 0 Å². The molecule has 2 amide bonds. The van der Waals surface area contributed by atoms with Crippen molar-refractivity contribution in [1.82, 2.24) is 0 Å². The summed E-state index contributed by atoms with van der Waals surface area (Å²) in [5, 5.41) is 5.69. The van der Waals surface area contributed by atoms with Crippen LogP contribution in [0.4, 0.5) is 16.2 Å². The van der Waals surface area contributed by atoms with Crippen LogP contribution in [0, 0.1) is 13.8 Å². The van der Waals surface area contributed by atoms with E-state index in [9.17, 15) is 4.79 Å². The molecule has 3 rings (SSSR count). The van der Waals surface area contributed by atoms with Gasteiger partial charge in [-0.05, 0) is 82.4 Å². The molecule has 1 fully saturated rings. The van der Waals surface area contributed by atoms with Crippen LogP contribution in [-0.4, -0.2) is 24.4 Å². The highest BCUT2D eigenvalue weighted by Crippen LogP contribution is 2.36. The Kier molecular flexibility index (Phi) is 5.06. The molecule has 1 aliphatic heterocycles. The predicted octanol–water partition coefficient (Wildman–Crippen LogP) is 4.25. The van der Waals surface area contributed by atoms with Gasteiger partial charge in [0.1, 0.15) is 0 Å². The number of nitrogens with one attached hydrogen (secondary N) is 2. The number of carbonyl (C=O) groups is 1. The van der Waals surface area contributed by atoms with Crippen LogP contribution in [0.5, 0.6) is 0 Å². The average Bonchev–Trinajstić information content (AvgIpc) is 2.79. The lowest BCUT2D eigenvalue weighted by Crippen LogP contribution is -2.41. The van der Waals surface area contributed by atoms with Gasteiger partial charge in [-0.15, -0.1) is 0 Å². The SMILES string of the molecule is Cc1ccc(NC(=O)Nc2ccc(B3OC(C)(C)C(C)(C)O3)cc2)cc1C. The van der Waals surface area contributed by atoms with Crippen molar-refractivity contribution in [2.45, 2.75) is 52.7 Å². The summed E-state index contributed by atoms with van der Waals surface area (Å²) in [5.41, 5.74) is 3.98. The maximum Gasteiger partial charge on any atom is 0.494 e. The van der Waals surface area contributed by atoms with Gasteiger partial charge in [0.25, 0.3) is 0 Å². The first-order valence-electron chi connectivity index (χ1n) is 9.18. The minimum absolute atomic E-state index is 0.276. The summed E-state index contributed by atoms with van der Waals surface area (Å²) < 4.78 is 12.1. The van der Waals surface area contributed by atoms with Crippen LogP contribution in [0.25, 0.3) is 0 Å². The Hall–Kier alpha value is -2.31. The summed E-state index contributed by atoms with van der Waals surface area (Å²) in [6.45, 7) is 12.2. The lowest BCUT2D eigenvalue weighted by molar-refractivity contribution is 0.00578. The number of aryl methyl sites for hydroxylation is 2. The van der Waals surface area contributed by atoms with Gasteiger partial charge in [-0.25, -0.2) is 4.79 Å². The Morgan fingerprint density at radius 2 is 1.33 bits per heavy atom. The second-order valence-electron chi connectivity index (χ2n) is 8.09. The first kappa shape index (κ1) is 19.5. The fourth-order valence-corrected chi connectivity index (χ4v) is 2.82. The minimum atomic E-state index is -0.409. The highest BCUT2D eigenvalue weighted by molar-refractivity contribution is 6.62. The summed E-state index contributed by atoms with van der Waals surface area (Å²) in [6.07, 6.45) is 0. The summed E-state index contributed by atoms with van der Waals surface area (Å²) in [4.78, 5) is 12.2. The van der Waals surface area contributed by atoms with Gasteiger partial charge in [-0.3, -0.25) is 0 Å². The van der Waals surface area contributed by atoms with Gasteiger partial charge in [0.05, 0.1) is 11.2 Å². The number of benzene rings is 2. The van der Waals surface area contributed by atoms with Gasteiger partial charge in [0.2, 0.25) is 0 Å². The lowest BCUT2D eigenvalue weighted by Gasteiger charge is -2.32. The van der Waals surface area contributed by atoms with E-state index in [2.05, 4.69) is 10.6 Å². The summed E-state index contributed by atoms with van der Waals surface area (Å²) in [7, 11) is -0.409. The van der Waals surface area contributed by atoms with Crippen LogP contribution in [-0.2, 0) is 9.31 Å². The molecule has 0 aliphatic carbocycles. The molecule has 2 aromatic carbocycles. The van der Waals surface area contributed by atoms with Gasteiger partial charge in [0, 0.05) is 11.4 Å². The normalized spacial score (nSPS) is 17.6. The summed E-state index contributed by atoms with van der Waals surface area (Å²) in [5.74, 6) is 0. The van der Waals surface area contributed by atoms with E-state index in [0.717, 1.165) is 16.7 Å². The lowest BCUT2D eigenvalue weighted by atomic mass is 9.79. The molecule has 1 heterocycles. The number of amides is 2. The Bertz CT molecular complexity index is 831. The maximum atomic E-state index is 12.2. The van der Waals surface area contributed by atoms with E-state index in [1.165, 1.54) is 5.56 Å². The van der Waals surface area contributed by atoms with Gasteiger partial charge >= 0.3 is 13.1 Å². The topological polar surface area (TPSA) is 59.6 Å². The minimum Gasteiger partial charge on any atom is -0.399 e.